The fourth-order valence-corrected chi connectivity index (χ4v) is 0.742. The van der Waals surface area contributed by atoms with E-state index in [0.717, 1.165) is 0 Å². The molecule has 0 aliphatic heterocycles. The van der Waals surface area contributed by atoms with Crippen molar-refractivity contribution in [2.24, 2.45) is 5.73 Å². The molecule has 0 bridgehead atoms. The maximum absolute atomic E-state index is 10.3. The largest absolute Gasteiger partial charge is 0.476 e. The molecule has 1 aromatic heterocycles. The van der Waals surface area contributed by atoms with E-state index in [1.54, 1.807) is 4.57 Å². The maximum atomic E-state index is 10.3. The Labute approximate surface area is 75.6 Å². The summed E-state index contributed by atoms with van der Waals surface area (Å²) in [6.07, 6.45) is 2.91. The van der Waals surface area contributed by atoms with Gasteiger partial charge in [-0.1, -0.05) is 0 Å². The summed E-state index contributed by atoms with van der Waals surface area (Å²) in [6, 6.07) is 0. The Bertz CT molecular complexity index is 261. The number of carbonyl (C=O) groups is 1. The van der Waals surface area contributed by atoms with E-state index in [1.807, 2.05) is 0 Å². The van der Waals surface area contributed by atoms with Gasteiger partial charge in [-0.15, -0.1) is 12.4 Å². The van der Waals surface area contributed by atoms with E-state index < -0.39 is 5.97 Å². The summed E-state index contributed by atoms with van der Waals surface area (Å²) in [7, 11) is 0. The van der Waals surface area contributed by atoms with Crippen molar-refractivity contribution in [1.29, 1.82) is 0 Å². The van der Waals surface area contributed by atoms with E-state index in [1.165, 1.54) is 12.5 Å². The molecule has 1 heterocycles. The molecule has 6 heteroatoms. The minimum absolute atomic E-state index is 0. The highest BCUT2D eigenvalue weighted by Gasteiger charge is 2.04. The molecule has 68 valence electrons. The maximum Gasteiger partial charge on any atom is 0.356 e. The summed E-state index contributed by atoms with van der Waals surface area (Å²) in [5.41, 5.74) is 5.30. The van der Waals surface area contributed by atoms with Crippen LogP contribution in [0.3, 0.4) is 0 Å². The van der Waals surface area contributed by atoms with Crippen LogP contribution in [0.4, 0.5) is 0 Å². The van der Waals surface area contributed by atoms with Gasteiger partial charge in [0.05, 0.1) is 6.33 Å². The smallest absolute Gasteiger partial charge is 0.356 e. The Morgan fingerprint density at radius 3 is 2.83 bits per heavy atom. The molecule has 0 atom stereocenters. The normalized spacial score (nSPS) is 9.08. The van der Waals surface area contributed by atoms with Crippen LogP contribution in [-0.2, 0) is 6.54 Å². The summed E-state index contributed by atoms with van der Waals surface area (Å²) in [4.78, 5) is 14.0. The fraction of sp³-hybridized carbons (Fsp3) is 0.333. The lowest BCUT2D eigenvalue weighted by Crippen LogP contribution is -2.08. The summed E-state index contributed by atoms with van der Waals surface area (Å²) < 4.78 is 1.64. The third-order valence-electron chi connectivity index (χ3n) is 1.24. The highest BCUT2D eigenvalue weighted by molar-refractivity contribution is 5.85. The van der Waals surface area contributed by atoms with Gasteiger partial charge in [-0.05, 0) is 0 Å². The number of nitrogens with zero attached hydrogens (tertiary/aromatic N) is 2. The monoisotopic (exact) mass is 191 g/mol. The van der Waals surface area contributed by atoms with Gasteiger partial charge in [0.25, 0.3) is 0 Å². The summed E-state index contributed by atoms with van der Waals surface area (Å²) >= 11 is 0. The topological polar surface area (TPSA) is 81.1 Å². The average Bonchev–Trinajstić information content (AvgIpc) is 2.37. The van der Waals surface area contributed by atoms with Crippen LogP contribution in [0.1, 0.15) is 10.5 Å². The zero-order valence-corrected chi connectivity index (χ0v) is 7.12. The molecule has 0 spiro atoms. The second kappa shape index (κ2) is 4.74. The van der Waals surface area contributed by atoms with Crippen LogP contribution < -0.4 is 5.73 Å². The average molecular weight is 192 g/mol. The molecule has 1 rings (SSSR count). The van der Waals surface area contributed by atoms with Gasteiger partial charge in [-0.25, -0.2) is 9.78 Å². The van der Waals surface area contributed by atoms with Gasteiger partial charge >= 0.3 is 5.97 Å². The molecule has 0 amide bonds. The summed E-state index contributed by atoms with van der Waals surface area (Å²) in [5.74, 6) is -1.01. The van der Waals surface area contributed by atoms with Gasteiger partial charge in [0.15, 0.2) is 5.69 Å². The van der Waals surface area contributed by atoms with Gasteiger partial charge in [-0.3, -0.25) is 0 Å². The molecule has 0 saturated carbocycles. The second-order valence-electron chi connectivity index (χ2n) is 2.09. The van der Waals surface area contributed by atoms with E-state index in [4.69, 9.17) is 10.8 Å². The predicted molar refractivity (Wildman–Crippen MR) is 45.5 cm³/mol. The Hall–Kier alpha value is -1.07. The lowest BCUT2D eigenvalue weighted by Gasteiger charge is -1.94. The van der Waals surface area contributed by atoms with Gasteiger partial charge in [0.2, 0.25) is 0 Å². The van der Waals surface area contributed by atoms with Crippen molar-refractivity contribution in [2.75, 3.05) is 6.54 Å². The fourth-order valence-electron chi connectivity index (χ4n) is 0.742. The van der Waals surface area contributed by atoms with Gasteiger partial charge in [0, 0.05) is 19.3 Å². The number of rotatable bonds is 3. The van der Waals surface area contributed by atoms with Crippen molar-refractivity contribution in [3.05, 3.63) is 18.2 Å². The van der Waals surface area contributed by atoms with E-state index in [-0.39, 0.29) is 18.1 Å². The van der Waals surface area contributed by atoms with Crippen molar-refractivity contribution in [2.45, 2.75) is 6.54 Å². The molecular formula is C6H10ClN3O2. The molecule has 0 aromatic carbocycles. The van der Waals surface area contributed by atoms with Gasteiger partial charge in [-0.2, -0.15) is 0 Å². The van der Waals surface area contributed by atoms with Crippen LogP contribution in [0.15, 0.2) is 12.5 Å². The lowest BCUT2D eigenvalue weighted by molar-refractivity contribution is 0.0691. The van der Waals surface area contributed by atoms with Crippen LogP contribution in [0, 0.1) is 0 Å². The predicted octanol–water partition coefficient (Wildman–Crippen LogP) is -0.0382. The molecule has 0 aliphatic carbocycles. The second-order valence-corrected chi connectivity index (χ2v) is 2.09. The highest BCUT2D eigenvalue weighted by atomic mass is 35.5. The number of nitrogens with two attached hydrogens (primary N) is 1. The van der Waals surface area contributed by atoms with Crippen molar-refractivity contribution in [3.63, 3.8) is 0 Å². The standard InChI is InChI=1S/C6H9N3O2.ClH/c7-1-2-9-3-5(6(10)11)8-4-9;/h3-4H,1-2,7H2,(H,10,11);1H. The van der Waals surface area contributed by atoms with Crippen LogP contribution in [0.25, 0.3) is 0 Å². The number of aromatic carboxylic acids is 1. The molecule has 5 nitrogen and oxygen atoms in total. The Morgan fingerprint density at radius 1 is 1.75 bits per heavy atom. The summed E-state index contributed by atoms with van der Waals surface area (Å²) in [6.45, 7) is 1.08. The molecule has 1 aromatic rings. The first-order valence-corrected chi connectivity index (χ1v) is 3.19. The number of carboxylic acids is 1. The molecular weight excluding hydrogens is 182 g/mol. The number of carboxylic acid groups (broad SMARTS) is 1. The number of halogens is 1. The van der Waals surface area contributed by atoms with E-state index in [2.05, 4.69) is 4.98 Å². The first-order chi connectivity index (χ1) is 5.24. The van der Waals surface area contributed by atoms with Crippen LogP contribution in [0.5, 0.6) is 0 Å². The number of hydrogen-bond donors (Lipinski definition) is 2. The van der Waals surface area contributed by atoms with Crippen molar-refractivity contribution in [3.8, 4) is 0 Å². The number of aromatic nitrogens is 2. The molecule has 12 heavy (non-hydrogen) atoms. The Kier molecular flexibility index (Phi) is 4.31. The molecule has 0 aliphatic rings. The zero-order valence-electron chi connectivity index (χ0n) is 6.30. The zero-order chi connectivity index (χ0) is 8.27. The minimum atomic E-state index is -1.01. The van der Waals surface area contributed by atoms with E-state index >= 15 is 0 Å². The third-order valence-corrected chi connectivity index (χ3v) is 1.24. The molecule has 0 radical (unpaired) electrons. The first kappa shape index (κ1) is 10.9. The van der Waals surface area contributed by atoms with Crippen molar-refractivity contribution in [1.82, 2.24) is 9.55 Å². The van der Waals surface area contributed by atoms with E-state index in [9.17, 15) is 4.79 Å². The van der Waals surface area contributed by atoms with Crippen molar-refractivity contribution < 1.29 is 9.90 Å². The van der Waals surface area contributed by atoms with Gasteiger partial charge < -0.3 is 15.4 Å². The SMILES string of the molecule is Cl.NCCn1cnc(C(=O)O)c1. The van der Waals surface area contributed by atoms with Crippen LogP contribution in [0.2, 0.25) is 0 Å². The first-order valence-electron chi connectivity index (χ1n) is 3.19. The molecule has 0 saturated heterocycles. The molecule has 0 fully saturated rings. The van der Waals surface area contributed by atoms with Gasteiger partial charge in [0.1, 0.15) is 0 Å². The third kappa shape index (κ3) is 2.52. The number of imidazole rings is 1. The minimum Gasteiger partial charge on any atom is -0.476 e. The van der Waals surface area contributed by atoms with E-state index in [0.29, 0.717) is 13.1 Å². The number of hydrogen-bond acceptors (Lipinski definition) is 3. The van der Waals surface area contributed by atoms with Crippen LogP contribution in [-0.4, -0.2) is 27.2 Å². The van der Waals surface area contributed by atoms with Crippen LogP contribution >= 0.6 is 12.4 Å². The Morgan fingerprint density at radius 2 is 2.42 bits per heavy atom. The lowest BCUT2D eigenvalue weighted by atomic mass is 10.5. The highest BCUT2D eigenvalue weighted by Crippen LogP contribution is 1.94. The Balaban J connectivity index is 0.00000121. The van der Waals surface area contributed by atoms with Crippen molar-refractivity contribution >= 4 is 18.4 Å². The molecule has 3 N–H and O–H groups in total. The quantitative estimate of drug-likeness (QED) is 0.703. The summed E-state index contributed by atoms with van der Waals surface area (Å²) in [5, 5.41) is 8.46. The molecule has 0 unspecified atom stereocenters.